The third-order valence-electron chi connectivity index (χ3n) is 5.62. The Bertz CT molecular complexity index is 1450. The van der Waals surface area contributed by atoms with E-state index in [1.54, 1.807) is 14.2 Å². The molecule has 2 N–H and O–H groups in total. The molecule has 8 nitrogen and oxygen atoms in total. The topological polar surface area (TPSA) is 94.1 Å². The molecule has 0 amide bonds. The molecule has 0 radical (unpaired) electrons. The molecule has 0 saturated heterocycles. The summed E-state index contributed by atoms with van der Waals surface area (Å²) in [5.74, 6) is 2.73. The Hall–Kier alpha value is -4.46. The van der Waals surface area contributed by atoms with Crippen LogP contribution in [0.25, 0.3) is 21.8 Å². The van der Waals surface area contributed by atoms with E-state index in [9.17, 15) is 0 Å². The van der Waals surface area contributed by atoms with E-state index >= 15 is 0 Å². The first-order chi connectivity index (χ1) is 16.9. The first-order valence-electron chi connectivity index (χ1n) is 11.2. The minimum atomic E-state index is 0.488. The Morgan fingerprint density at radius 3 is 1.63 bits per heavy atom. The molecule has 0 aliphatic rings. The second-order valence-corrected chi connectivity index (χ2v) is 8.36. The third-order valence-corrected chi connectivity index (χ3v) is 5.62. The van der Waals surface area contributed by atoms with Crippen molar-refractivity contribution in [2.75, 3.05) is 24.9 Å². The van der Waals surface area contributed by atoms with Crippen molar-refractivity contribution in [3.63, 3.8) is 0 Å². The number of hydrogen-bond acceptors (Lipinski definition) is 8. The van der Waals surface area contributed by atoms with Crippen LogP contribution in [0.4, 0.5) is 23.1 Å². The smallest absolute Gasteiger partial charge is 0.229 e. The summed E-state index contributed by atoms with van der Waals surface area (Å²) in [6, 6.07) is 17.6. The summed E-state index contributed by atoms with van der Waals surface area (Å²) in [7, 11) is 3.33. The standard InChI is InChI=1S/C27H26N6O2/c1-15-10-24(34-4)20-13-18(6-8-22(20)28-15)31-26-12-17(3)30-27(33-26)32-19-7-9-23-21(14-19)25(35-5)11-16(2)29-23/h6-14H,1-5H3,(H2,30,31,32,33). The van der Waals surface area contributed by atoms with Gasteiger partial charge in [-0.1, -0.05) is 0 Å². The van der Waals surface area contributed by atoms with Gasteiger partial charge in [-0.25, -0.2) is 4.98 Å². The van der Waals surface area contributed by atoms with Crippen LogP contribution in [0, 0.1) is 20.8 Å². The highest BCUT2D eigenvalue weighted by atomic mass is 16.5. The van der Waals surface area contributed by atoms with Crippen LogP contribution < -0.4 is 20.1 Å². The second kappa shape index (κ2) is 9.06. The van der Waals surface area contributed by atoms with E-state index in [-0.39, 0.29) is 0 Å². The molecule has 5 aromatic rings. The Morgan fingerprint density at radius 1 is 0.571 bits per heavy atom. The number of aromatic nitrogens is 4. The van der Waals surface area contributed by atoms with Crippen molar-refractivity contribution >= 4 is 44.9 Å². The summed E-state index contributed by atoms with van der Waals surface area (Å²) in [6.45, 7) is 5.84. The van der Waals surface area contributed by atoms with Crippen LogP contribution in [-0.4, -0.2) is 34.2 Å². The Morgan fingerprint density at radius 2 is 1.09 bits per heavy atom. The number of fused-ring (bicyclic) bond motifs is 2. The molecule has 0 aliphatic heterocycles. The van der Waals surface area contributed by atoms with Gasteiger partial charge in [0.2, 0.25) is 5.95 Å². The molecule has 5 rings (SSSR count). The summed E-state index contributed by atoms with van der Waals surface area (Å²) in [6.07, 6.45) is 0. The first kappa shape index (κ1) is 22.3. The molecule has 3 heterocycles. The van der Waals surface area contributed by atoms with Crippen LogP contribution in [0.1, 0.15) is 17.1 Å². The van der Waals surface area contributed by atoms with Crippen molar-refractivity contribution in [3.8, 4) is 11.5 Å². The zero-order valence-electron chi connectivity index (χ0n) is 20.3. The maximum absolute atomic E-state index is 5.55. The second-order valence-electron chi connectivity index (χ2n) is 8.36. The highest BCUT2D eigenvalue weighted by Crippen LogP contribution is 2.31. The summed E-state index contributed by atoms with van der Waals surface area (Å²) in [5.41, 5.74) is 6.12. The molecule has 2 aromatic carbocycles. The zero-order valence-corrected chi connectivity index (χ0v) is 20.3. The van der Waals surface area contributed by atoms with E-state index in [0.717, 1.165) is 61.8 Å². The highest BCUT2D eigenvalue weighted by Gasteiger charge is 2.10. The van der Waals surface area contributed by atoms with Gasteiger partial charge in [0.25, 0.3) is 0 Å². The monoisotopic (exact) mass is 466 g/mol. The van der Waals surface area contributed by atoms with Gasteiger partial charge in [-0.2, -0.15) is 4.98 Å². The number of anilines is 4. The van der Waals surface area contributed by atoms with Crippen LogP contribution in [0.15, 0.2) is 54.6 Å². The van der Waals surface area contributed by atoms with Crippen molar-refractivity contribution in [1.29, 1.82) is 0 Å². The van der Waals surface area contributed by atoms with Crippen molar-refractivity contribution in [2.24, 2.45) is 0 Å². The van der Waals surface area contributed by atoms with E-state index in [0.29, 0.717) is 11.8 Å². The molecule has 0 atom stereocenters. The number of pyridine rings is 2. The van der Waals surface area contributed by atoms with Crippen molar-refractivity contribution in [3.05, 3.63) is 71.7 Å². The molecule has 3 aromatic heterocycles. The van der Waals surface area contributed by atoms with E-state index in [1.165, 1.54) is 0 Å². The average molecular weight is 467 g/mol. The third kappa shape index (κ3) is 4.63. The average Bonchev–Trinajstić information content (AvgIpc) is 2.83. The van der Waals surface area contributed by atoms with Gasteiger partial charge in [0.05, 0.1) is 25.3 Å². The fourth-order valence-electron chi connectivity index (χ4n) is 4.10. The van der Waals surface area contributed by atoms with Gasteiger partial charge in [-0.05, 0) is 57.2 Å². The number of benzene rings is 2. The van der Waals surface area contributed by atoms with Crippen molar-refractivity contribution in [2.45, 2.75) is 20.8 Å². The molecular weight excluding hydrogens is 440 g/mol. The molecule has 0 saturated carbocycles. The van der Waals surface area contributed by atoms with Crippen LogP contribution in [0.3, 0.4) is 0 Å². The Kier molecular flexibility index (Phi) is 5.78. The zero-order chi connectivity index (χ0) is 24.5. The van der Waals surface area contributed by atoms with E-state index in [1.807, 2.05) is 75.4 Å². The van der Waals surface area contributed by atoms with Gasteiger partial charge in [0.1, 0.15) is 17.3 Å². The van der Waals surface area contributed by atoms with Gasteiger partial charge < -0.3 is 20.1 Å². The Balaban J connectivity index is 1.44. The number of nitrogens with one attached hydrogen (secondary N) is 2. The molecule has 0 aliphatic carbocycles. The minimum absolute atomic E-state index is 0.488. The van der Waals surface area contributed by atoms with Crippen LogP contribution in [0.5, 0.6) is 11.5 Å². The van der Waals surface area contributed by atoms with Gasteiger partial charge >= 0.3 is 0 Å². The number of methoxy groups -OCH3 is 2. The lowest BCUT2D eigenvalue weighted by Gasteiger charge is -2.13. The molecule has 8 heteroatoms. The summed E-state index contributed by atoms with van der Waals surface area (Å²) >= 11 is 0. The number of aryl methyl sites for hydroxylation is 3. The van der Waals surface area contributed by atoms with Gasteiger partial charge in [0, 0.05) is 57.4 Å². The largest absolute Gasteiger partial charge is 0.496 e. The van der Waals surface area contributed by atoms with Crippen molar-refractivity contribution in [1.82, 2.24) is 19.9 Å². The van der Waals surface area contributed by atoms with Crippen molar-refractivity contribution < 1.29 is 9.47 Å². The predicted molar refractivity (Wildman–Crippen MR) is 139 cm³/mol. The number of ether oxygens (including phenoxy) is 2. The number of hydrogen-bond donors (Lipinski definition) is 2. The molecule has 0 spiro atoms. The quantitative estimate of drug-likeness (QED) is 0.315. The van der Waals surface area contributed by atoms with Gasteiger partial charge in [0.15, 0.2) is 0 Å². The van der Waals surface area contributed by atoms with Crippen LogP contribution >= 0.6 is 0 Å². The molecule has 176 valence electrons. The maximum Gasteiger partial charge on any atom is 0.229 e. The maximum atomic E-state index is 5.55. The molecular formula is C27H26N6O2. The van der Waals surface area contributed by atoms with E-state index < -0.39 is 0 Å². The molecule has 0 unspecified atom stereocenters. The number of nitrogens with zero attached hydrogens (tertiary/aromatic N) is 4. The van der Waals surface area contributed by atoms with E-state index in [2.05, 4.69) is 30.6 Å². The molecule has 0 fully saturated rings. The normalized spacial score (nSPS) is 11.0. The molecule has 0 bridgehead atoms. The SMILES string of the molecule is COc1cc(C)nc2ccc(Nc3cc(C)nc(Nc4ccc5nc(C)cc(OC)c5c4)n3)cc12. The van der Waals surface area contributed by atoms with Crippen LogP contribution in [0.2, 0.25) is 0 Å². The van der Waals surface area contributed by atoms with Crippen LogP contribution in [-0.2, 0) is 0 Å². The fraction of sp³-hybridized carbons (Fsp3) is 0.185. The lowest BCUT2D eigenvalue weighted by atomic mass is 10.1. The van der Waals surface area contributed by atoms with E-state index in [4.69, 9.17) is 9.47 Å². The minimum Gasteiger partial charge on any atom is -0.496 e. The number of rotatable bonds is 6. The first-order valence-corrected chi connectivity index (χ1v) is 11.2. The molecule has 35 heavy (non-hydrogen) atoms. The van der Waals surface area contributed by atoms with Gasteiger partial charge in [-0.15, -0.1) is 0 Å². The Labute approximate surface area is 203 Å². The highest BCUT2D eigenvalue weighted by molar-refractivity contribution is 5.90. The lowest BCUT2D eigenvalue weighted by molar-refractivity contribution is 0.419. The fourth-order valence-corrected chi connectivity index (χ4v) is 4.10. The van der Waals surface area contributed by atoms with Gasteiger partial charge in [-0.3, -0.25) is 9.97 Å². The lowest BCUT2D eigenvalue weighted by Crippen LogP contribution is -2.03. The summed E-state index contributed by atoms with van der Waals surface area (Å²) < 4.78 is 11.1. The predicted octanol–water partition coefficient (Wildman–Crippen LogP) is 6.00. The summed E-state index contributed by atoms with van der Waals surface area (Å²) in [5, 5.41) is 8.54. The summed E-state index contributed by atoms with van der Waals surface area (Å²) in [4.78, 5) is 18.4.